The first-order valence-corrected chi connectivity index (χ1v) is 11.1. The Morgan fingerprint density at radius 3 is 2.55 bits per heavy atom. The number of hydrogen-bond donors (Lipinski definition) is 2. The van der Waals surface area contributed by atoms with Crippen LogP contribution >= 0.6 is 11.3 Å². The van der Waals surface area contributed by atoms with Gasteiger partial charge in [-0.3, -0.25) is 14.5 Å². The van der Waals surface area contributed by atoms with E-state index in [4.69, 9.17) is 10.7 Å². The van der Waals surface area contributed by atoms with E-state index in [9.17, 15) is 9.59 Å². The van der Waals surface area contributed by atoms with Gasteiger partial charge in [0.05, 0.1) is 12.2 Å². The van der Waals surface area contributed by atoms with Crippen molar-refractivity contribution >= 4 is 39.1 Å². The van der Waals surface area contributed by atoms with Gasteiger partial charge in [0.1, 0.15) is 9.71 Å². The third kappa shape index (κ3) is 3.83. The zero-order chi connectivity index (χ0) is 20.6. The van der Waals surface area contributed by atoms with Crippen LogP contribution in [0.3, 0.4) is 0 Å². The molecule has 0 aromatic carbocycles. The van der Waals surface area contributed by atoms with E-state index in [0.717, 1.165) is 54.9 Å². The van der Waals surface area contributed by atoms with Gasteiger partial charge in [0.2, 0.25) is 5.91 Å². The number of hydrogen-bond acceptors (Lipinski definition) is 6. The molecule has 4 rings (SSSR count). The minimum absolute atomic E-state index is 0.0788. The van der Waals surface area contributed by atoms with Gasteiger partial charge in [-0.2, -0.15) is 0 Å². The first kappa shape index (κ1) is 20.1. The van der Waals surface area contributed by atoms with Gasteiger partial charge in [-0.15, -0.1) is 11.3 Å². The third-order valence-electron chi connectivity index (χ3n) is 6.42. The first-order valence-electron chi connectivity index (χ1n) is 10.3. The molecular weight excluding hydrogens is 386 g/mol. The molecule has 0 spiro atoms. The minimum atomic E-state index is -0.178. The van der Waals surface area contributed by atoms with E-state index in [1.165, 1.54) is 24.2 Å². The monoisotopic (exact) mass is 415 g/mol. The molecule has 29 heavy (non-hydrogen) atoms. The molecule has 2 saturated heterocycles. The molecular formula is C21H29N5O2S. The number of piperidine rings is 1. The predicted octanol–water partition coefficient (Wildman–Crippen LogP) is 2.21. The second-order valence-electron chi connectivity index (χ2n) is 8.40. The first-order chi connectivity index (χ1) is 13.9. The van der Waals surface area contributed by atoms with Crippen LogP contribution in [0.25, 0.3) is 10.2 Å². The molecule has 2 aliphatic rings. The van der Waals surface area contributed by atoms with Gasteiger partial charge in [-0.05, 0) is 50.9 Å². The summed E-state index contributed by atoms with van der Waals surface area (Å²) in [6.07, 6.45) is 4.18. The Balaban J connectivity index is 1.47. The summed E-state index contributed by atoms with van der Waals surface area (Å²) in [5.74, 6) is 0.0710. The molecule has 156 valence electrons. The van der Waals surface area contributed by atoms with Crippen LogP contribution in [-0.2, 0) is 10.2 Å². The number of aromatic nitrogens is 1. The Morgan fingerprint density at radius 2 is 1.90 bits per heavy atom. The van der Waals surface area contributed by atoms with Crippen LogP contribution in [0, 0.1) is 0 Å². The van der Waals surface area contributed by atoms with Crippen molar-refractivity contribution in [3.8, 4) is 0 Å². The van der Waals surface area contributed by atoms with Crippen LogP contribution in [0.5, 0.6) is 0 Å². The summed E-state index contributed by atoms with van der Waals surface area (Å²) in [5, 5.41) is 3.46. The van der Waals surface area contributed by atoms with Gasteiger partial charge in [0, 0.05) is 36.6 Å². The van der Waals surface area contributed by atoms with Crippen molar-refractivity contribution in [2.24, 2.45) is 0 Å². The summed E-state index contributed by atoms with van der Waals surface area (Å²) in [5.41, 5.74) is 7.59. The van der Waals surface area contributed by atoms with E-state index in [2.05, 4.69) is 17.1 Å². The van der Waals surface area contributed by atoms with Gasteiger partial charge in [0.25, 0.3) is 5.91 Å². The number of nitrogens with two attached hydrogens (primary N) is 1. The standard InChI is InChI=1S/C21H29N5O2S/c1-21(7-11-26(12-8-21)16(27)13-25-9-3-4-10-25)15-6-5-14-17(22)18(19(28)23-2)29-20(14)24-15/h5-6H,3-4,7-13,22H2,1-2H3,(H,23,28). The third-order valence-corrected chi connectivity index (χ3v) is 7.54. The average molecular weight is 416 g/mol. The summed E-state index contributed by atoms with van der Waals surface area (Å²) < 4.78 is 0. The van der Waals surface area contributed by atoms with Crippen molar-refractivity contribution in [3.63, 3.8) is 0 Å². The highest BCUT2D eigenvalue weighted by Gasteiger charge is 2.35. The number of amides is 2. The van der Waals surface area contributed by atoms with Crippen molar-refractivity contribution in [3.05, 3.63) is 22.7 Å². The topological polar surface area (TPSA) is 91.6 Å². The van der Waals surface area contributed by atoms with E-state index < -0.39 is 0 Å². The summed E-state index contributed by atoms with van der Waals surface area (Å²) >= 11 is 1.34. The summed E-state index contributed by atoms with van der Waals surface area (Å²) in [6, 6.07) is 4.01. The molecule has 2 aromatic rings. The van der Waals surface area contributed by atoms with Crippen molar-refractivity contribution in [2.45, 2.75) is 38.0 Å². The quantitative estimate of drug-likeness (QED) is 0.799. The van der Waals surface area contributed by atoms with Gasteiger partial charge < -0.3 is 16.0 Å². The van der Waals surface area contributed by atoms with Gasteiger partial charge in [-0.1, -0.05) is 6.92 Å². The Morgan fingerprint density at radius 1 is 1.21 bits per heavy atom. The molecule has 4 heterocycles. The van der Waals surface area contributed by atoms with Crippen molar-refractivity contribution in [1.82, 2.24) is 20.1 Å². The summed E-state index contributed by atoms with van der Waals surface area (Å²) in [7, 11) is 1.60. The average Bonchev–Trinajstić information content (AvgIpc) is 3.35. The van der Waals surface area contributed by atoms with Crippen molar-refractivity contribution in [2.75, 3.05) is 45.5 Å². The smallest absolute Gasteiger partial charge is 0.263 e. The van der Waals surface area contributed by atoms with Crippen LogP contribution in [0.1, 0.15) is 48.0 Å². The van der Waals surface area contributed by atoms with Crippen LogP contribution in [-0.4, -0.2) is 66.4 Å². The molecule has 0 bridgehead atoms. The molecule has 2 aliphatic heterocycles. The molecule has 8 heteroatoms. The highest BCUT2D eigenvalue weighted by molar-refractivity contribution is 7.21. The number of likely N-dealkylation sites (tertiary alicyclic amines) is 2. The van der Waals surface area contributed by atoms with Crippen molar-refractivity contribution < 1.29 is 9.59 Å². The number of thiophene rings is 1. The number of nitrogen functional groups attached to an aromatic ring is 1. The largest absolute Gasteiger partial charge is 0.397 e. The number of carbonyl (C=O) groups excluding carboxylic acids is 2. The lowest BCUT2D eigenvalue weighted by Crippen LogP contribution is -2.47. The highest BCUT2D eigenvalue weighted by Crippen LogP contribution is 2.38. The number of fused-ring (bicyclic) bond motifs is 1. The SMILES string of the molecule is CNC(=O)c1sc2nc(C3(C)CCN(C(=O)CN4CCCC4)CC3)ccc2c1N. The molecule has 2 fully saturated rings. The van der Waals surface area contributed by atoms with Crippen LogP contribution in [0.4, 0.5) is 5.69 Å². The molecule has 0 atom stereocenters. The van der Waals surface area contributed by atoms with E-state index in [1.54, 1.807) is 7.05 Å². The predicted molar refractivity (Wildman–Crippen MR) is 116 cm³/mol. The Labute approximate surface area is 175 Å². The normalized spacial score (nSPS) is 19.6. The summed E-state index contributed by atoms with van der Waals surface area (Å²) in [4.78, 5) is 35.1. The highest BCUT2D eigenvalue weighted by atomic mass is 32.1. The van der Waals surface area contributed by atoms with Crippen LogP contribution in [0.2, 0.25) is 0 Å². The van der Waals surface area contributed by atoms with Crippen LogP contribution < -0.4 is 11.1 Å². The van der Waals surface area contributed by atoms with E-state index in [-0.39, 0.29) is 17.2 Å². The number of rotatable bonds is 4. The Hall–Kier alpha value is -2.19. The van der Waals surface area contributed by atoms with E-state index in [0.29, 0.717) is 17.1 Å². The van der Waals surface area contributed by atoms with E-state index in [1.807, 2.05) is 17.0 Å². The number of anilines is 1. The number of carbonyl (C=O) groups is 2. The lowest BCUT2D eigenvalue weighted by molar-refractivity contribution is -0.133. The van der Waals surface area contributed by atoms with Gasteiger partial charge in [0.15, 0.2) is 0 Å². The maximum Gasteiger partial charge on any atom is 0.263 e. The minimum Gasteiger partial charge on any atom is -0.397 e. The van der Waals surface area contributed by atoms with Crippen LogP contribution in [0.15, 0.2) is 12.1 Å². The zero-order valence-electron chi connectivity index (χ0n) is 17.2. The molecule has 7 nitrogen and oxygen atoms in total. The number of pyridine rings is 1. The Bertz CT molecular complexity index is 927. The fourth-order valence-electron chi connectivity index (χ4n) is 4.35. The summed E-state index contributed by atoms with van der Waals surface area (Å²) in [6.45, 7) is 6.39. The molecule has 2 aromatic heterocycles. The molecule has 0 radical (unpaired) electrons. The Kier molecular flexibility index (Phi) is 5.48. The second kappa shape index (κ2) is 7.91. The molecule has 0 unspecified atom stereocenters. The lowest BCUT2D eigenvalue weighted by atomic mass is 9.77. The van der Waals surface area contributed by atoms with E-state index >= 15 is 0 Å². The fourth-order valence-corrected chi connectivity index (χ4v) is 5.39. The second-order valence-corrected chi connectivity index (χ2v) is 9.40. The number of nitrogens with one attached hydrogen (secondary N) is 1. The van der Waals surface area contributed by atoms with Gasteiger partial charge in [-0.25, -0.2) is 4.98 Å². The zero-order valence-corrected chi connectivity index (χ0v) is 18.0. The maximum absolute atomic E-state index is 12.6. The molecule has 0 saturated carbocycles. The fraction of sp³-hybridized carbons (Fsp3) is 0.571. The van der Waals surface area contributed by atoms with Gasteiger partial charge >= 0.3 is 0 Å². The molecule has 0 aliphatic carbocycles. The van der Waals surface area contributed by atoms with Crippen molar-refractivity contribution in [1.29, 1.82) is 0 Å². The lowest BCUT2D eigenvalue weighted by Gasteiger charge is -2.39. The molecule has 3 N–H and O–H groups in total. The number of nitrogens with zero attached hydrogens (tertiary/aromatic N) is 3. The molecule has 2 amide bonds. The maximum atomic E-state index is 12.6.